The lowest BCUT2D eigenvalue weighted by atomic mass is 10.0. The van der Waals surface area contributed by atoms with Crippen molar-refractivity contribution in [1.82, 2.24) is 4.90 Å². The third-order valence-corrected chi connectivity index (χ3v) is 4.12. The van der Waals surface area contributed by atoms with E-state index in [1.165, 1.54) is 0 Å². The average Bonchev–Trinajstić information content (AvgIpc) is 2.27. The Bertz CT molecular complexity index is 457. The van der Waals surface area contributed by atoms with Gasteiger partial charge in [-0.15, -0.1) is 0 Å². The van der Waals surface area contributed by atoms with Gasteiger partial charge in [-0.3, -0.25) is 9.69 Å². The third-order valence-electron chi connectivity index (χ3n) is 2.90. The molecule has 0 heterocycles. The van der Waals surface area contributed by atoms with Crippen LogP contribution in [-0.2, 0) is 11.3 Å². The molecule has 0 bridgehead atoms. The summed E-state index contributed by atoms with van der Waals surface area (Å²) in [5.74, 6) is -0.772. The van der Waals surface area contributed by atoms with Gasteiger partial charge in [0.2, 0.25) is 0 Å². The van der Waals surface area contributed by atoms with Crippen molar-refractivity contribution in [3.8, 4) is 0 Å². The lowest BCUT2D eigenvalue weighted by molar-refractivity contribution is -0.137. The predicted molar refractivity (Wildman–Crippen MR) is 81.6 cm³/mol. The maximum Gasteiger partial charge on any atom is 0.304 e. The van der Waals surface area contributed by atoms with Gasteiger partial charge in [0.25, 0.3) is 0 Å². The van der Waals surface area contributed by atoms with Crippen molar-refractivity contribution in [2.75, 3.05) is 6.54 Å². The van der Waals surface area contributed by atoms with Crippen molar-refractivity contribution < 1.29 is 9.90 Å². The molecule has 0 atom stereocenters. The summed E-state index contributed by atoms with van der Waals surface area (Å²) in [6, 6.07) is 5.79. The topological polar surface area (TPSA) is 40.5 Å². The molecule has 3 nitrogen and oxygen atoms in total. The molecule has 1 N–H and O–H groups in total. The van der Waals surface area contributed by atoms with Crippen LogP contribution in [0.4, 0.5) is 0 Å². The van der Waals surface area contributed by atoms with E-state index in [1.54, 1.807) is 0 Å². The van der Waals surface area contributed by atoms with Gasteiger partial charge >= 0.3 is 5.97 Å². The maximum absolute atomic E-state index is 10.7. The van der Waals surface area contributed by atoms with E-state index in [0.717, 1.165) is 10.0 Å². The molecule has 0 saturated heterocycles. The van der Waals surface area contributed by atoms with E-state index in [-0.39, 0.29) is 12.0 Å². The van der Waals surface area contributed by atoms with Crippen LogP contribution in [0.2, 0.25) is 5.02 Å². The van der Waals surface area contributed by atoms with Gasteiger partial charge in [0.1, 0.15) is 0 Å². The van der Waals surface area contributed by atoms with Crippen LogP contribution in [0.1, 0.15) is 32.8 Å². The van der Waals surface area contributed by atoms with Crippen LogP contribution in [0.25, 0.3) is 0 Å². The zero-order valence-corrected chi connectivity index (χ0v) is 13.8. The highest BCUT2D eigenvalue weighted by atomic mass is 79.9. The van der Waals surface area contributed by atoms with Gasteiger partial charge in [-0.1, -0.05) is 17.7 Å². The molecule has 0 spiro atoms. The molecule has 5 heteroatoms. The Kier molecular flexibility index (Phi) is 5.83. The van der Waals surface area contributed by atoms with Crippen molar-refractivity contribution in [2.24, 2.45) is 0 Å². The van der Waals surface area contributed by atoms with E-state index >= 15 is 0 Å². The van der Waals surface area contributed by atoms with E-state index in [0.29, 0.717) is 18.1 Å². The number of hydrogen-bond acceptors (Lipinski definition) is 2. The van der Waals surface area contributed by atoms with Gasteiger partial charge in [0.15, 0.2) is 0 Å². The molecule has 1 aromatic carbocycles. The first-order valence-corrected chi connectivity index (χ1v) is 7.28. The summed E-state index contributed by atoms with van der Waals surface area (Å²) in [4.78, 5) is 12.9. The first-order valence-electron chi connectivity index (χ1n) is 6.11. The second kappa shape index (κ2) is 6.73. The Morgan fingerprint density at radius 2 is 2.05 bits per heavy atom. The summed E-state index contributed by atoms with van der Waals surface area (Å²) in [7, 11) is 0. The van der Waals surface area contributed by atoms with Crippen LogP contribution in [0.5, 0.6) is 0 Å². The maximum atomic E-state index is 10.7. The number of benzene rings is 1. The minimum absolute atomic E-state index is 0.0818. The highest BCUT2D eigenvalue weighted by molar-refractivity contribution is 9.10. The van der Waals surface area contributed by atoms with Crippen molar-refractivity contribution in [3.63, 3.8) is 0 Å². The molecule has 0 unspecified atom stereocenters. The monoisotopic (exact) mass is 347 g/mol. The number of halogens is 2. The Morgan fingerprint density at radius 3 is 2.53 bits per heavy atom. The van der Waals surface area contributed by atoms with Gasteiger partial charge in [-0.25, -0.2) is 0 Å². The normalized spacial score (nSPS) is 11.9. The van der Waals surface area contributed by atoms with Crippen LogP contribution in [-0.4, -0.2) is 28.1 Å². The molecule has 19 heavy (non-hydrogen) atoms. The molecule has 0 radical (unpaired) electrons. The molecule has 0 saturated carbocycles. The molecule has 1 aromatic rings. The quantitative estimate of drug-likeness (QED) is 0.868. The number of carbonyl (C=O) groups is 1. The SMILES string of the molecule is CC(C)(C)N(CCC(=O)O)Cc1ccc(Cl)c(Br)c1. The molecule has 0 amide bonds. The molecule has 106 valence electrons. The summed E-state index contributed by atoms with van der Waals surface area (Å²) in [5.41, 5.74) is 1.03. The molecule has 0 fully saturated rings. The fraction of sp³-hybridized carbons (Fsp3) is 0.500. The third kappa shape index (κ3) is 5.51. The van der Waals surface area contributed by atoms with Gasteiger partial charge < -0.3 is 5.11 Å². The number of nitrogens with zero attached hydrogens (tertiary/aromatic N) is 1. The standard InChI is InChI=1S/C14H19BrClNO2/c1-14(2,3)17(7-6-13(18)19)9-10-4-5-12(16)11(15)8-10/h4-5,8H,6-7,9H2,1-3H3,(H,18,19). The highest BCUT2D eigenvalue weighted by Gasteiger charge is 2.22. The summed E-state index contributed by atoms with van der Waals surface area (Å²) in [5, 5.41) is 9.50. The largest absolute Gasteiger partial charge is 0.481 e. The lowest BCUT2D eigenvalue weighted by Gasteiger charge is -2.35. The fourth-order valence-electron chi connectivity index (χ4n) is 1.74. The number of carboxylic acids is 1. The van der Waals surface area contributed by atoms with Crippen LogP contribution in [0.15, 0.2) is 22.7 Å². The average molecular weight is 349 g/mol. The van der Waals surface area contributed by atoms with Crippen LogP contribution < -0.4 is 0 Å². The van der Waals surface area contributed by atoms with Crippen molar-refractivity contribution in [3.05, 3.63) is 33.3 Å². The smallest absolute Gasteiger partial charge is 0.304 e. The van der Waals surface area contributed by atoms with Crippen molar-refractivity contribution >= 4 is 33.5 Å². The second-order valence-corrected chi connectivity index (χ2v) is 6.75. The van der Waals surface area contributed by atoms with Gasteiger partial charge in [0.05, 0.1) is 11.4 Å². The molecule has 0 aromatic heterocycles. The summed E-state index contributed by atoms with van der Waals surface area (Å²) < 4.78 is 0.860. The molecule has 1 rings (SSSR count). The summed E-state index contributed by atoms with van der Waals surface area (Å²) >= 11 is 9.38. The Hall–Kier alpha value is -0.580. The molecular formula is C14H19BrClNO2. The highest BCUT2D eigenvalue weighted by Crippen LogP contribution is 2.25. The van der Waals surface area contributed by atoms with Gasteiger partial charge in [0, 0.05) is 23.1 Å². The number of aliphatic carboxylic acids is 1. The van der Waals surface area contributed by atoms with E-state index in [1.807, 2.05) is 18.2 Å². The van der Waals surface area contributed by atoms with Crippen molar-refractivity contribution in [1.29, 1.82) is 0 Å². The lowest BCUT2D eigenvalue weighted by Crippen LogP contribution is -2.42. The van der Waals surface area contributed by atoms with Gasteiger partial charge in [-0.05, 0) is 54.4 Å². The number of hydrogen-bond donors (Lipinski definition) is 1. The number of rotatable bonds is 5. The fourth-order valence-corrected chi connectivity index (χ4v) is 2.28. The van der Waals surface area contributed by atoms with Crippen LogP contribution >= 0.6 is 27.5 Å². The first-order chi connectivity index (χ1) is 8.70. The van der Waals surface area contributed by atoms with E-state index < -0.39 is 5.97 Å². The van der Waals surface area contributed by atoms with E-state index in [9.17, 15) is 4.79 Å². The second-order valence-electron chi connectivity index (χ2n) is 5.48. The minimum atomic E-state index is -0.772. The minimum Gasteiger partial charge on any atom is -0.481 e. The molecular weight excluding hydrogens is 330 g/mol. The zero-order chi connectivity index (χ0) is 14.6. The molecule has 0 aliphatic carbocycles. The van der Waals surface area contributed by atoms with Crippen molar-refractivity contribution in [2.45, 2.75) is 39.3 Å². The molecule has 0 aliphatic heterocycles. The van der Waals surface area contributed by atoms with Crippen LogP contribution in [0, 0.1) is 0 Å². The number of carboxylic acid groups (broad SMARTS) is 1. The summed E-state index contributed by atoms with van der Waals surface area (Å²) in [6.45, 7) is 7.48. The first kappa shape index (κ1) is 16.5. The molecule has 0 aliphatic rings. The Balaban J connectivity index is 2.81. The Morgan fingerprint density at radius 1 is 1.42 bits per heavy atom. The van der Waals surface area contributed by atoms with Gasteiger partial charge in [-0.2, -0.15) is 0 Å². The zero-order valence-electron chi connectivity index (χ0n) is 11.4. The predicted octanol–water partition coefficient (Wildman–Crippen LogP) is 4.18. The van der Waals surface area contributed by atoms with Crippen LogP contribution in [0.3, 0.4) is 0 Å². The van der Waals surface area contributed by atoms with E-state index in [4.69, 9.17) is 16.7 Å². The van der Waals surface area contributed by atoms with E-state index in [2.05, 4.69) is 41.6 Å². The Labute approximate surface area is 127 Å². The summed E-state index contributed by atoms with van der Waals surface area (Å²) in [6.07, 6.45) is 0.145.